The molecule has 0 radical (unpaired) electrons. The van der Waals surface area contributed by atoms with Gasteiger partial charge in [-0.1, -0.05) is 0 Å². The Morgan fingerprint density at radius 2 is 2.00 bits per heavy atom. The highest BCUT2D eigenvalue weighted by molar-refractivity contribution is 5.93. The van der Waals surface area contributed by atoms with Crippen LogP contribution in [0.5, 0.6) is 0 Å². The van der Waals surface area contributed by atoms with Gasteiger partial charge in [-0.05, 0) is 42.7 Å². The van der Waals surface area contributed by atoms with E-state index in [1.807, 2.05) is 36.9 Å². The van der Waals surface area contributed by atoms with Gasteiger partial charge in [0.15, 0.2) is 0 Å². The Hall–Kier alpha value is -3.22. The molecular weight excluding hydrogens is 340 g/mol. The maximum absolute atomic E-state index is 11.5. The van der Waals surface area contributed by atoms with Gasteiger partial charge in [-0.25, -0.2) is 9.97 Å². The Morgan fingerprint density at radius 3 is 2.81 bits per heavy atom. The number of nitrogens with zero attached hydrogens (tertiary/aromatic N) is 5. The molecule has 0 bridgehead atoms. The minimum Gasteiger partial charge on any atom is -0.366 e. The highest BCUT2D eigenvalue weighted by Crippen LogP contribution is 2.29. The van der Waals surface area contributed by atoms with Crippen LogP contribution in [-0.4, -0.2) is 38.5 Å². The fourth-order valence-corrected chi connectivity index (χ4v) is 3.64. The number of aromatic nitrogens is 4. The molecule has 4 heterocycles. The average Bonchev–Trinajstić information content (AvgIpc) is 3.17. The number of carbonyl (C=O) groups excluding carboxylic acids is 1. The molecule has 0 aromatic carbocycles. The molecule has 1 amide bonds. The number of carbonyl (C=O) groups is 1. The van der Waals surface area contributed by atoms with Gasteiger partial charge in [0.1, 0.15) is 11.6 Å². The van der Waals surface area contributed by atoms with E-state index in [0.29, 0.717) is 11.5 Å². The molecule has 1 saturated heterocycles. The summed E-state index contributed by atoms with van der Waals surface area (Å²) in [7, 11) is 0. The summed E-state index contributed by atoms with van der Waals surface area (Å²) in [6.45, 7) is 2.52. The van der Waals surface area contributed by atoms with Crippen LogP contribution >= 0.6 is 0 Å². The Labute approximate surface area is 157 Å². The Morgan fingerprint density at radius 1 is 1.15 bits per heavy atom. The number of hydrogen-bond acceptors (Lipinski definition) is 5. The summed E-state index contributed by atoms with van der Waals surface area (Å²) in [5, 5.41) is 0. The first-order valence-electron chi connectivity index (χ1n) is 9.11. The van der Waals surface area contributed by atoms with Gasteiger partial charge in [-0.3, -0.25) is 9.78 Å². The molecule has 3 aromatic heterocycles. The van der Waals surface area contributed by atoms with Crippen LogP contribution in [0.15, 0.2) is 55.2 Å². The minimum absolute atomic E-state index is 0.314. The third-order valence-corrected chi connectivity index (χ3v) is 4.99. The molecule has 2 N–H and O–H groups in total. The van der Waals surface area contributed by atoms with E-state index in [1.54, 1.807) is 18.3 Å². The summed E-state index contributed by atoms with van der Waals surface area (Å²) in [6, 6.07) is 7.47. The molecule has 3 aromatic rings. The summed E-state index contributed by atoms with van der Waals surface area (Å²) < 4.78 is 2.21. The molecule has 1 atom stereocenters. The number of pyridine rings is 2. The third kappa shape index (κ3) is 3.81. The van der Waals surface area contributed by atoms with Crippen molar-refractivity contribution in [1.29, 1.82) is 0 Å². The van der Waals surface area contributed by atoms with E-state index >= 15 is 0 Å². The van der Waals surface area contributed by atoms with Crippen LogP contribution in [0.4, 0.5) is 5.82 Å². The van der Waals surface area contributed by atoms with Crippen LogP contribution in [0, 0.1) is 0 Å². The molecular formula is C20H22N6O. The van der Waals surface area contributed by atoms with Gasteiger partial charge in [0.25, 0.3) is 0 Å². The molecule has 4 rings (SSSR count). The van der Waals surface area contributed by atoms with E-state index in [0.717, 1.165) is 44.1 Å². The van der Waals surface area contributed by atoms with Crippen LogP contribution in [0.25, 0.3) is 0 Å². The number of piperidine rings is 1. The minimum atomic E-state index is -0.430. The van der Waals surface area contributed by atoms with Crippen molar-refractivity contribution in [2.24, 2.45) is 5.73 Å². The Kier molecular flexibility index (Phi) is 4.82. The molecule has 7 nitrogen and oxygen atoms in total. The zero-order valence-electron chi connectivity index (χ0n) is 15.0. The van der Waals surface area contributed by atoms with Gasteiger partial charge in [0, 0.05) is 62.1 Å². The maximum Gasteiger partial charge on any atom is 0.248 e. The molecule has 138 valence electrons. The molecule has 1 fully saturated rings. The lowest BCUT2D eigenvalue weighted by atomic mass is 9.97. The van der Waals surface area contributed by atoms with Crippen LogP contribution in [-0.2, 0) is 6.54 Å². The number of rotatable bonds is 5. The molecule has 0 aliphatic carbocycles. The number of nitrogens with two attached hydrogens (primary N) is 1. The SMILES string of the molecule is NC(=O)c1ccnc(N2CCC[C@@H](c3nccn3Cc3ccncc3)C2)c1. The van der Waals surface area contributed by atoms with Crippen molar-refractivity contribution < 1.29 is 4.79 Å². The van der Waals surface area contributed by atoms with Gasteiger partial charge >= 0.3 is 0 Å². The first-order valence-corrected chi connectivity index (χ1v) is 9.11. The zero-order chi connectivity index (χ0) is 18.6. The molecule has 27 heavy (non-hydrogen) atoms. The van der Waals surface area contributed by atoms with Crippen LogP contribution in [0.1, 0.15) is 40.5 Å². The number of amides is 1. The van der Waals surface area contributed by atoms with E-state index in [1.165, 1.54) is 5.56 Å². The largest absolute Gasteiger partial charge is 0.366 e. The normalized spacial score (nSPS) is 17.0. The second-order valence-corrected chi connectivity index (χ2v) is 6.82. The first kappa shape index (κ1) is 17.2. The van der Waals surface area contributed by atoms with Crippen molar-refractivity contribution in [1.82, 2.24) is 19.5 Å². The summed E-state index contributed by atoms with van der Waals surface area (Å²) >= 11 is 0. The van der Waals surface area contributed by atoms with Crippen LogP contribution < -0.4 is 10.6 Å². The summed E-state index contributed by atoms with van der Waals surface area (Å²) in [6.07, 6.45) is 11.3. The van der Waals surface area contributed by atoms with Gasteiger partial charge in [-0.2, -0.15) is 0 Å². The molecule has 7 heteroatoms. The summed E-state index contributed by atoms with van der Waals surface area (Å²) in [5.74, 6) is 1.76. The van der Waals surface area contributed by atoms with Crippen LogP contribution in [0.3, 0.4) is 0 Å². The van der Waals surface area contributed by atoms with Crippen molar-refractivity contribution in [3.8, 4) is 0 Å². The van der Waals surface area contributed by atoms with E-state index in [-0.39, 0.29) is 0 Å². The van der Waals surface area contributed by atoms with Gasteiger partial charge < -0.3 is 15.2 Å². The van der Waals surface area contributed by atoms with Crippen molar-refractivity contribution in [3.63, 3.8) is 0 Å². The Balaban J connectivity index is 1.53. The van der Waals surface area contributed by atoms with Crippen molar-refractivity contribution in [3.05, 3.63) is 72.2 Å². The average molecular weight is 362 g/mol. The lowest BCUT2D eigenvalue weighted by molar-refractivity contribution is 0.1000. The highest BCUT2D eigenvalue weighted by atomic mass is 16.1. The van der Waals surface area contributed by atoms with Gasteiger partial charge in [0.2, 0.25) is 5.91 Å². The predicted octanol–water partition coefficient (Wildman–Crippen LogP) is 2.20. The van der Waals surface area contributed by atoms with Crippen molar-refractivity contribution >= 4 is 11.7 Å². The summed E-state index contributed by atoms with van der Waals surface area (Å²) in [5.41, 5.74) is 7.10. The van der Waals surface area contributed by atoms with E-state index in [2.05, 4.69) is 24.4 Å². The van der Waals surface area contributed by atoms with E-state index < -0.39 is 5.91 Å². The molecule has 1 aliphatic heterocycles. The zero-order valence-corrected chi connectivity index (χ0v) is 15.0. The Bertz CT molecular complexity index is 923. The topological polar surface area (TPSA) is 89.9 Å². The smallest absolute Gasteiger partial charge is 0.248 e. The lowest BCUT2D eigenvalue weighted by Gasteiger charge is -2.33. The quantitative estimate of drug-likeness (QED) is 0.751. The fraction of sp³-hybridized carbons (Fsp3) is 0.300. The standard InChI is InChI=1S/C20H22N6O/c21-19(27)16-5-8-23-18(12-16)25-10-1-2-17(14-25)20-24-9-11-26(20)13-15-3-6-22-7-4-15/h3-9,11-12,17H,1-2,10,13-14H2,(H2,21,27)/t17-/m1/s1. The second-order valence-electron chi connectivity index (χ2n) is 6.82. The van der Waals surface area contributed by atoms with Crippen LogP contribution in [0.2, 0.25) is 0 Å². The lowest BCUT2D eigenvalue weighted by Crippen LogP contribution is -2.36. The molecule has 0 unspecified atom stereocenters. The van der Waals surface area contributed by atoms with E-state index in [9.17, 15) is 4.79 Å². The first-order chi connectivity index (χ1) is 13.2. The second kappa shape index (κ2) is 7.57. The molecule has 0 spiro atoms. The monoisotopic (exact) mass is 362 g/mol. The predicted molar refractivity (Wildman–Crippen MR) is 103 cm³/mol. The molecule has 1 aliphatic rings. The van der Waals surface area contributed by atoms with Crippen molar-refractivity contribution in [2.75, 3.05) is 18.0 Å². The van der Waals surface area contributed by atoms with Crippen molar-refractivity contribution in [2.45, 2.75) is 25.3 Å². The summed E-state index contributed by atoms with van der Waals surface area (Å²) in [4.78, 5) is 26.8. The van der Waals surface area contributed by atoms with Gasteiger partial charge in [-0.15, -0.1) is 0 Å². The van der Waals surface area contributed by atoms with E-state index in [4.69, 9.17) is 5.73 Å². The number of hydrogen-bond donors (Lipinski definition) is 1. The van der Waals surface area contributed by atoms with Gasteiger partial charge in [0.05, 0.1) is 0 Å². The maximum atomic E-state index is 11.5. The fourth-order valence-electron chi connectivity index (χ4n) is 3.64. The number of primary amides is 1. The number of imidazole rings is 1. The number of anilines is 1. The highest BCUT2D eigenvalue weighted by Gasteiger charge is 2.25. The molecule has 0 saturated carbocycles. The third-order valence-electron chi connectivity index (χ3n) is 4.99.